The number of piperazine rings is 1. The monoisotopic (exact) mass is 363 g/mol. The Morgan fingerprint density at radius 2 is 1.88 bits per heavy atom. The highest BCUT2D eigenvalue weighted by Crippen LogP contribution is 2.23. The topological polar surface area (TPSA) is 72.0 Å². The SMILES string of the molecule is COC(=O)c1c(C)cc(N2CCN(C(=O)OC(C)(C)C)[C@H](C)C2)nc1C. The summed E-state index contributed by atoms with van der Waals surface area (Å²) in [6.07, 6.45) is -0.286. The Balaban J connectivity index is 2.14. The number of aryl methyl sites for hydroxylation is 2. The van der Waals surface area contributed by atoms with Crippen molar-refractivity contribution >= 4 is 17.9 Å². The molecule has 1 aromatic heterocycles. The molecule has 26 heavy (non-hydrogen) atoms. The lowest BCUT2D eigenvalue weighted by atomic mass is 10.1. The van der Waals surface area contributed by atoms with E-state index >= 15 is 0 Å². The molecule has 0 aromatic carbocycles. The quantitative estimate of drug-likeness (QED) is 0.753. The van der Waals surface area contributed by atoms with Gasteiger partial charge in [-0.15, -0.1) is 0 Å². The lowest BCUT2D eigenvalue weighted by molar-refractivity contribution is 0.0158. The Kier molecular flexibility index (Phi) is 5.78. The van der Waals surface area contributed by atoms with Crippen LogP contribution < -0.4 is 4.90 Å². The third kappa shape index (κ3) is 4.45. The summed E-state index contributed by atoms with van der Waals surface area (Å²) >= 11 is 0. The molecular formula is C19H29N3O4. The van der Waals surface area contributed by atoms with Gasteiger partial charge < -0.3 is 19.3 Å². The number of esters is 1. The molecule has 1 amide bonds. The number of rotatable bonds is 2. The van der Waals surface area contributed by atoms with Gasteiger partial charge in [0.1, 0.15) is 11.4 Å². The van der Waals surface area contributed by atoms with E-state index in [-0.39, 0.29) is 18.1 Å². The van der Waals surface area contributed by atoms with Crippen LogP contribution in [0.2, 0.25) is 0 Å². The summed E-state index contributed by atoms with van der Waals surface area (Å²) in [4.78, 5) is 32.7. The van der Waals surface area contributed by atoms with E-state index in [0.717, 1.165) is 11.4 Å². The van der Waals surface area contributed by atoms with Crippen molar-refractivity contribution in [1.82, 2.24) is 9.88 Å². The molecule has 2 heterocycles. The number of hydrogen-bond donors (Lipinski definition) is 0. The molecule has 0 unspecified atom stereocenters. The summed E-state index contributed by atoms with van der Waals surface area (Å²) < 4.78 is 10.3. The van der Waals surface area contributed by atoms with E-state index < -0.39 is 5.60 Å². The van der Waals surface area contributed by atoms with Gasteiger partial charge in [-0.1, -0.05) is 0 Å². The Hall–Kier alpha value is -2.31. The Labute approximate surface area is 155 Å². The van der Waals surface area contributed by atoms with E-state index in [1.807, 2.05) is 47.6 Å². The van der Waals surface area contributed by atoms with Crippen molar-refractivity contribution in [2.75, 3.05) is 31.6 Å². The summed E-state index contributed by atoms with van der Waals surface area (Å²) in [5, 5.41) is 0. The molecule has 7 heteroatoms. The summed E-state index contributed by atoms with van der Waals surface area (Å²) in [6.45, 7) is 13.2. The van der Waals surface area contributed by atoms with Crippen molar-refractivity contribution in [1.29, 1.82) is 0 Å². The first-order valence-corrected chi connectivity index (χ1v) is 8.84. The Bertz CT molecular complexity index is 674. The maximum absolute atomic E-state index is 12.3. The first-order valence-electron chi connectivity index (χ1n) is 8.84. The molecule has 1 aliphatic heterocycles. The molecule has 0 spiro atoms. The van der Waals surface area contributed by atoms with Gasteiger partial charge in [0, 0.05) is 25.7 Å². The molecule has 1 atom stereocenters. The van der Waals surface area contributed by atoms with Crippen LogP contribution in [-0.4, -0.2) is 60.3 Å². The minimum atomic E-state index is -0.507. The van der Waals surface area contributed by atoms with Crippen LogP contribution in [-0.2, 0) is 9.47 Å². The number of amides is 1. The highest BCUT2D eigenvalue weighted by atomic mass is 16.6. The molecule has 0 radical (unpaired) electrons. The highest BCUT2D eigenvalue weighted by molar-refractivity contribution is 5.92. The number of methoxy groups -OCH3 is 1. The summed E-state index contributed by atoms with van der Waals surface area (Å²) in [5.41, 5.74) is 1.49. The number of carbonyl (C=O) groups excluding carboxylic acids is 2. The summed E-state index contributed by atoms with van der Waals surface area (Å²) in [7, 11) is 1.37. The van der Waals surface area contributed by atoms with Gasteiger partial charge in [-0.25, -0.2) is 14.6 Å². The van der Waals surface area contributed by atoms with Gasteiger partial charge in [0.15, 0.2) is 0 Å². The zero-order valence-electron chi connectivity index (χ0n) is 16.8. The van der Waals surface area contributed by atoms with E-state index in [9.17, 15) is 9.59 Å². The van der Waals surface area contributed by atoms with Gasteiger partial charge in [0.2, 0.25) is 0 Å². The number of ether oxygens (including phenoxy) is 2. The Morgan fingerprint density at radius 1 is 1.23 bits per heavy atom. The number of carbonyl (C=O) groups is 2. The smallest absolute Gasteiger partial charge is 0.410 e. The van der Waals surface area contributed by atoms with Gasteiger partial charge in [-0.2, -0.15) is 0 Å². The van der Waals surface area contributed by atoms with E-state index in [4.69, 9.17) is 9.47 Å². The van der Waals surface area contributed by atoms with E-state index in [1.165, 1.54) is 7.11 Å². The van der Waals surface area contributed by atoms with E-state index in [0.29, 0.717) is 30.9 Å². The molecule has 144 valence electrons. The van der Waals surface area contributed by atoms with Crippen LogP contribution in [0.4, 0.5) is 10.6 Å². The second-order valence-electron chi connectivity index (χ2n) is 7.72. The lowest BCUT2D eigenvalue weighted by Crippen LogP contribution is -2.55. The number of pyridine rings is 1. The first kappa shape index (κ1) is 20.0. The second-order valence-corrected chi connectivity index (χ2v) is 7.72. The molecular weight excluding hydrogens is 334 g/mol. The van der Waals surface area contributed by atoms with Gasteiger partial charge in [-0.3, -0.25) is 0 Å². The number of aromatic nitrogens is 1. The lowest BCUT2D eigenvalue weighted by Gasteiger charge is -2.40. The maximum atomic E-state index is 12.3. The molecule has 1 saturated heterocycles. The van der Waals surface area contributed by atoms with Crippen molar-refractivity contribution < 1.29 is 19.1 Å². The predicted octanol–water partition coefficient (Wildman–Crippen LogP) is 2.93. The van der Waals surface area contributed by atoms with Crippen molar-refractivity contribution in [3.8, 4) is 0 Å². The number of hydrogen-bond acceptors (Lipinski definition) is 6. The van der Waals surface area contributed by atoms with Gasteiger partial charge in [-0.05, 0) is 53.2 Å². The molecule has 1 fully saturated rings. The largest absolute Gasteiger partial charge is 0.465 e. The van der Waals surface area contributed by atoms with Crippen molar-refractivity contribution in [3.63, 3.8) is 0 Å². The van der Waals surface area contributed by atoms with E-state index in [2.05, 4.69) is 9.88 Å². The normalized spacial score (nSPS) is 17.9. The minimum Gasteiger partial charge on any atom is -0.465 e. The van der Waals surface area contributed by atoms with Crippen molar-refractivity contribution in [3.05, 3.63) is 22.9 Å². The molecule has 0 N–H and O–H groups in total. The molecule has 2 rings (SSSR count). The molecule has 0 saturated carbocycles. The van der Waals surface area contributed by atoms with Crippen LogP contribution in [0.25, 0.3) is 0 Å². The summed E-state index contributed by atoms with van der Waals surface area (Å²) in [5.74, 6) is 0.436. The predicted molar refractivity (Wildman–Crippen MR) is 99.7 cm³/mol. The maximum Gasteiger partial charge on any atom is 0.410 e. The van der Waals surface area contributed by atoms with Crippen molar-refractivity contribution in [2.24, 2.45) is 0 Å². The van der Waals surface area contributed by atoms with Crippen LogP contribution >= 0.6 is 0 Å². The standard InChI is InChI=1S/C19H29N3O4/c1-12-10-15(20-14(3)16(12)17(23)25-7)21-8-9-22(13(2)11-21)18(24)26-19(4,5)6/h10,13H,8-9,11H2,1-7H3/t13-/m1/s1. The Morgan fingerprint density at radius 3 is 2.38 bits per heavy atom. The third-order valence-electron chi connectivity index (χ3n) is 4.35. The third-order valence-corrected chi connectivity index (χ3v) is 4.35. The highest BCUT2D eigenvalue weighted by Gasteiger charge is 2.31. The van der Waals surface area contributed by atoms with Gasteiger partial charge in [0.05, 0.1) is 18.4 Å². The molecule has 0 aliphatic carbocycles. The number of anilines is 1. The average molecular weight is 363 g/mol. The van der Waals surface area contributed by atoms with Gasteiger partial charge in [0.25, 0.3) is 0 Å². The van der Waals surface area contributed by atoms with Crippen molar-refractivity contribution in [2.45, 2.75) is 53.2 Å². The van der Waals surface area contributed by atoms with Crippen LogP contribution in [0.3, 0.4) is 0 Å². The van der Waals surface area contributed by atoms with Crippen LogP contribution in [0.1, 0.15) is 49.3 Å². The van der Waals surface area contributed by atoms with Gasteiger partial charge >= 0.3 is 12.1 Å². The fraction of sp³-hybridized carbons (Fsp3) is 0.632. The molecule has 0 bridgehead atoms. The number of nitrogens with zero attached hydrogens (tertiary/aromatic N) is 3. The first-order chi connectivity index (χ1) is 12.0. The van der Waals surface area contributed by atoms with Crippen LogP contribution in [0, 0.1) is 13.8 Å². The summed E-state index contributed by atoms with van der Waals surface area (Å²) in [6, 6.07) is 1.90. The van der Waals surface area contributed by atoms with Crippen LogP contribution in [0.5, 0.6) is 0 Å². The zero-order valence-corrected chi connectivity index (χ0v) is 16.8. The minimum absolute atomic E-state index is 0.00120. The van der Waals surface area contributed by atoms with E-state index in [1.54, 1.807) is 4.90 Å². The van der Waals surface area contributed by atoms with Crippen LogP contribution in [0.15, 0.2) is 6.07 Å². The zero-order chi connectivity index (χ0) is 19.6. The fourth-order valence-corrected chi connectivity index (χ4v) is 3.14. The molecule has 7 nitrogen and oxygen atoms in total. The molecule has 1 aliphatic rings. The average Bonchev–Trinajstić information content (AvgIpc) is 2.51. The fourth-order valence-electron chi connectivity index (χ4n) is 3.14. The second kappa shape index (κ2) is 7.51. The molecule has 1 aromatic rings.